The molecule has 0 saturated heterocycles. The van der Waals surface area contributed by atoms with Gasteiger partial charge in [0.1, 0.15) is 18.8 Å². The molecule has 0 unspecified atom stereocenters. The van der Waals surface area contributed by atoms with Crippen LogP contribution in [0.4, 0.5) is 0 Å². The van der Waals surface area contributed by atoms with Crippen molar-refractivity contribution in [2.45, 2.75) is 32.6 Å². The van der Waals surface area contributed by atoms with Crippen molar-refractivity contribution in [1.29, 1.82) is 0 Å². The smallest absolute Gasteiger partial charge is 0.327 e. The van der Waals surface area contributed by atoms with Crippen LogP contribution >= 0.6 is 0 Å². The van der Waals surface area contributed by atoms with Crippen molar-refractivity contribution in [3.8, 4) is 0 Å². The van der Waals surface area contributed by atoms with E-state index in [1.807, 2.05) is 30.3 Å². The van der Waals surface area contributed by atoms with E-state index in [0.717, 1.165) is 5.56 Å². The summed E-state index contributed by atoms with van der Waals surface area (Å²) < 4.78 is 9.86. The van der Waals surface area contributed by atoms with Gasteiger partial charge < -0.3 is 15.2 Å². The van der Waals surface area contributed by atoms with Gasteiger partial charge in [0.25, 0.3) is 0 Å². The molecule has 0 spiro atoms. The molecule has 0 bridgehead atoms. The summed E-state index contributed by atoms with van der Waals surface area (Å²) in [5, 5.41) is 0. The molecule has 5 heteroatoms. The lowest BCUT2D eigenvalue weighted by molar-refractivity contribution is -0.155. The molecule has 18 heavy (non-hydrogen) atoms. The Morgan fingerprint density at radius 2 is 1.89 bits per heavy atom. The number of esters is 2. The lowest BCUT2D eigenvalue weighted by Gasteiger charge is -2.18. The first-order chi connectivity index (χ1) is 8.50. The predicted octanol–water partition coefficient (Wildman–Crippen LogP) is 1.01. The number of carbonyl (C=O) groups is 2. The first kappa shape index (κ1) is 14.2. The normalized spacial score (nSPS) is 13.5. The second kappa shape index (κ2) is 6.76. The number of nitrogens with two attached hydrogens (primary N) is 1. The van der Waals surface area contributed by atoms with Crippen LogP contribution in [-0.2, 0) is 25.7 Å². The van der Waals surface area contributed by atoms with Crippen molar-refractivity contribution >= 4 is 11.9 Å². The Bertz CT molecular complexity index is 405. The van der Waals surface area contributed by atoms with Gasteiger partial charge in [-0.05, 0) is 12.5 Å². The number of carbonyl (C=O) groups excluding carboxylic acids is 2. The minimum atomic E-state index is -0.974. The van der Waals surface area contributed by atoms with Crippen LogP contribution in [0.3, 0.4) is 0 Å². The summed E-state index contributed by atoms with van der Waals surface area (Å²) in [6.07, 6.45) is -0.703. The molecule has 0 fully saturated rings. The molecule has 0 heterocycles. The van der Waals surface area contributed by atoms with E-state index in [-0.39, 0.29) is 6.61 Å². The summed E-state index contributed by atoms with van der Waals surface area (Å²) in [4.78, 5) is 22.3. The SMILES string of the molecule is CC(=O)O[C@@H](C)[C@@H](N)C(=O)OCc1ccccc1. The molecule has 0 aliphatic rings. The first-order valence-electron chi connectivity index (χ1n) is 5.64. The second-order valence-electron chi connectivity index (χ2n) is 3.93. The lowest BCUT2D eigenvalue weighted by atomic mass is 10.2. The standard InChI is InChI=1S/C13H17NO4/c1-9(18-10(2)15)12(14)13(16)17-8-11-6-4-3-5-7-11/h3-7,9,12H,8,14H2,1-2H3/t9-,12+/m0/s1. The van der Waals surface area contributed by atoms with Gasteiger partial charge in [-0.15, -0.1) is 0 Å². The fourth-order valence-electron chi connectivity index (χ4n) is 1.35. The van der Waals surface area contributed by atoms with E-state index in [2.05, 4.69) is 0 Å². The monoisotopic (exact) mass is 251 g/mol. The van der Waals surface area contributed by atoms with Gasteiger partial charge in [-0.1, -0.05) is 30.3 Å². The molecule has 0 amide bonds. The molecule has 0 aromatic heterocycles. The topological polar surface area (TPSA) is 78.6 Å². The summed E-state index contributed by atoms with van der Waals surface area (Å²) in [6.45, 7) is 2.97. The van der Waals surface area contributed by atoms with Gasteiger partial charge in [0.05, 0.1) is 0 Å². The van der Waals surface area contributed by atoms with Gasteiger partial charge in [0.2, 0.25) is 0 Å². The van der Waals surface area contributed by atoms with Gasteiger partial charge in [-0.2, -0.15) is 0 Å². The molecule has 98 valence electrons. The fraction of sp³-hybridized carbons (Fsp3) is 0.385. The van der Waals surface area contributed by atoms with Gasteiger partial charge >= 0.3 is 11.9 Å². The average Bonchev–Trinajstić information content (AvgIpc) is 2.35. The molecule has 2 atom stereocenters. The first-order valence-corrected chi connectivity index (χ1v) is 5.64. The molecule has 1 aromatic carbocycles. The molecular formula is C13H17NO4. The molecule has 2 N–H and O–H groups in total. The van der Waals surface area contributed by atoms with Crippen LogP contribution in [0.1, 0.15) is 19.4 Å². The van der Waals surface area contributed by atoms with Crippen molar-refractivity contribution in [2.24, 2.45) is 5.73 Å². The molecular weight excluding hydrogens is 234 g/mol. The van der Waals surface area contributed by atoms with Gasteiger partial charge in [-0.3, -0.25) is 9.59 Å². The number of rotatable bonds is 5. The van der Waals surface area contributed by atoms with Crippen LogP contribution in [0.2, 0.25) is 0 Å². The Morgan fingerprint density at radius 1 is 1.28 bits per heavy atom. The number of hydrogen-bond donors (Lipinski definition) is 1. The van der Waals surface area contributed by atoms with Crippen LogP contribution in [0.25, 0.3) is 0 Å². The number of hydrogen-bond acceptors (Lipinski definition) is 5. The molecule has 1 aromatic rings. The minimum Gasteiger partial charge on any atom is -0.461 e. The number of ether oxygens (including phenoxy) is 2. The number of benzene rings is 1. The molecule has 5 nitrogen and oxygen atoms in total. The second-order valence-corrected chi connectivity index (χ2v) is 3.93. The minimum absolute atomic E-state index is 0.153. The van der Waals surface area contributed by atoms with Crippen LogP contribution < -0.4 is 5.73 Å². The highest BCUT2D eigenvalue weighted by Gasteiger charge is 2.24. The summed E-state index contributed by atoms with van der Waals surface area (Å²) in [6, 6.07) is 8.29. The van der Waals surface area contributed by atoms with E-state index in [1.165, 1.54) is 6.92 Å². The Hall–Kier alpha value is -1.88. The van der Waals surface area contributed by atoms with E-state index >= 15 is 0 Å². The van der Waals surface area contributed by atoms with Gasteiger partial charge in [-0.25, -0.2) is 0 Å². The van der Waals surface area contributed by atoms with E-state index in [4.69, 9.17) is 15.2 Å². The zero-order chi connectivity index (χ0) is 13.5. The van der Waals surface area contributed by atoms with Crippen molar-refractivity contribution in [3.05, 3.63) is 35.9 Å². The fourth-order valence-corrected chi connectivity index (χ4v) is 1.35. The van der Waals surface area contributed by atoms with E-state index in [0.29, 0.717) is 0 Å². The van der Waals surface area contributed by atoms with Gasteiger partial charge in [0, 0.05) is 6.92 Å². The maximum Gasteiger partial charge on any atom is 0.327 e. The highest BCUT2D eigenvalue weighted by molar-refractivity contribution is 5.77. The molecule has 0 aliphatic heterocycles. The van der Waals surface area contributed by atoms with Crippen LogP contribution in [0.5, 0.6) is 0 Å². The highest BCUT2D eigenvalue weighted by atomic mass is 16.6. The van der Waals surface area contributed by atoms with Crippen molar-refractivity contribution < 1.29 is 19.1 Å². The summed E-state index contributed by atoms with van der Waals surface area (Å²) in [5.74, 6) is -1.07. The third-order valence-electron chi connectivity index (χ3n) is 2.35. The maximum atomic E-state index is 11.6. The summed E-state index contributed by atoms with van der Waals surface area (Å²) in [5.41, 5.74) is 6.49. The Kier molecular flexibility index (Phi) is 5.32. The van der Waals surface area contributed by atoms with Crippen LogP contribution in [0, 0.1) is 0 Å². The van der Waals surface area contributed by atoms with Crippen LogP contribution in [-0.4, -0.2) is 24.1 Å². The van der Waals surface area contributed by atoms with E-state index in [9.17, 15) is 9.59 Å². The maximum absolute atomic E-state index is 11.6. The van der Waals surface area contributed by atoms with Gasteiger partial charge in [0.15, 0.2) is 0 Å². The third kappa shape index (κ3) is 4.55. The molecule has 0 saturated carbocycles. The van der Waals surface area contributed by atoms with Crippen LogP contribution in [0.15, 0.2) is 30.3 Å². The third-order valence-corrected chi connectivity index (χ3v) is 2.35. The van der Waals surface area contributed by atoms with Crippen molar-refractivity contribution in [1.82, 2.24) is 0 Å². The van der Waals surface area contributed by atoms with Crippen molar-refractivity contribution in [2.75, 3.05) is 0 Å². The Labute approximate surface area is 106 Å². The average molecular weight is 251 g/mol. The lowest BCUT2D eigenvalue weighted by Crippen LogP contribution is -2.43. The zero-order valence-electron chi connectivity index (χ0n) is 10.5. The Morgan fingerprint density at radius 3 is 2.44 bits per heavy atom. The molecule has 1 rings (SSSR count). The van der Waals surface area contributed by atoms with E-state index in [1.54, 1.807) is 6.92 Å². The summed E-state index contributed by atoms with van der Waals surface area (Å²) >= 11 is 0. The largest absolute Gasteiger partial charge is 0.461 e. The zero-order valence-corrected chi connectivity index (χ0v) is 10.5. The quantitative estimate of drug-likeness (QED) is 0.790. The highest BCUT2D eigenvalue weighted by Crippen LogP contribution is 2.04. The molecule has 0 aliphatic carbocycles. The predicted molar refractivity (Wildman–Crippen MR) is 65.4 cm³/mol. The Balaban J connectivity index is 2.43. The van der Waals surface area contributed by atoms with Crippen molar-refractivity contribution in [3.63, 3.8) is 0 Å². The van der Waals surface area contributed by atoms with E-state index < -0.39 is 24.1 Å². The molecule has 0 radical (unpaired) electrons. The summed E-state index contributed by atoms with van der Waals surface area (Å²) in [7, 11) is 0.